The van der Waals surface area contributed by atoms with E-state index in [0.29, 0.717) is 28.8 Å². The number of rotatable bonds is 6. The fourth-order valence-electron chi connectivity index (χ4n) is 2.48. The van der Waals surface area contributed by atoms with Crippen molar-refractivity contribution in [3.8, 4) is 0 Å². The minimum absolute atomic E-state index is 0.0305. The van der Waals surface area contributed by atoms with E-state index in [1.54, 1.807) is 28.6 Å². The molecule has 0 saturated carbocycles. The van der Waals surface area contributed by atoms with E-state index in [-0.39, 0.29) is 5.56 Å². The Labute approximate surface area is 156 Å². The first-order valence-electron chi connectivity index (χ1n) is 8.27. The van der Waals surface area contributed by atoms with Crippen molar-refractivity contribution >= 4 is 34.3 Å². The van der Waals surface area contributed by atoms with Gasteiger partial charge >= 0.3 is 0 Å². The molecule has 0 N–H and O–H groups in total. The number of pyridine rings is 1. The van der Waals surface area contributed by atoms with Gasteiger partial charge in [0.25, 0.3) is 5.56 Å². The molecule has 1 aromatic carbocycles. The number of para-hydroxylation sites is 1. The van der Waals surface area contributed by atoms with E-state index in [0.717, 1.165) is 22.7 Å². The minimum Gasteiger partial charge on any atom is -0.287 e. The average molecular weight is 374 g/mol. The Balaban J connectivity index is 1.94. The third-order valence-corrected chi connectivity index (χ3v) is 5.18. The first-order chi connectivity index (χ1) is 12.0. The second-order valence-electron chi connectivity index (χ2n) is 6.33. The Morgan fingerprint density at radius 1 is 1.20 bits per heavy atom. The van der Waals surface area contributed by atoms with Crippen LogP contribution in [0.1, 0.15) is 25.8 Å². The molecule has 0 saturated heterocycles. The summed E-state index contributed by atoms with van der Waals surface area (Å²) < 4.78 is 1.80. The number of thioether (sulfide) groups is 1. The van der Waals surface area contributed by atoms with Crippen molar-refractivity contribution in [2.45, 2.75) is 37.7 Å². The van der Waals surface area contributed by atoms with Gasteiger partial charge in [-0.3, -0.25) is 9.36 Å². The van der Waals surface area contributed by atoms with E-state index in [2.05, 4.69) is 18.8 Å². The lowest BCUT2D eigenvalue weighted by Crippen LogP contribution is -2.24. The Hall–Kier alpha value is -1.85. The van der Waals surface area contributed by atoms with Crippen LogP contribution in [0.5, 0.6) is 0 Å². The summed E-state index contributed by atoms with van der Waals surface area (Å²) in [5, 5.41) is 1.90. The first kappa shape index (κ1) is 18.0. The van der Waals surface area contributed by atoms with Gasteiger partial charge in [-0.05, 0) is 36.1 Å². The predicted molar refractivity (Wildman–Crippen MR) is 104 cm³/mol. The predicted octanol–water partition coefficient (Wildman–Crippen LogP) is 4.78. The lowest BCUT2D eigenvalue weighted by molar-refractivity contribution is 0.481. The van der Waals surface area contributed by atoms with E-state index in [9.17, 15) is 4.79 Å². The van der Waals surface area contributed by atoms with Gasteiger partial charge in [0, 0.05) is 18.5 Å². The molecule has 0 aliphatic carbocycles. The van der Waals surface area contributed by atoms with Gasteiger partial charge in [0.05, 0.1) is 10.9 Å². The summed E-state index contributed by atoms with van der Waals surface area (Å²) in [5.41, 5.74) is 1.82. The van der Waals surface area contributed by atoms with Gasteiger partial charge in [-0.15, -0.1) is 0 Å². The highest BCUT2D eigenvalue weighted by molar-refractivity contribution is 7.98. The number of fused-ring (bicyclic) bond motifs is 1. The van der Waals surface area contributed by atoms with Crippen LogP contribution in [0.4, 0.5) is 0 Å². The van der Waals surface area contributed by atoms with Crippen molar-refractivity contribution in [1.82, 2.24) is 14.5 Å². The minimum atomic E-state index is 0.0305. The molecule has 2 heterocycles. The highest BCUT2D eigenvalue weighted by Crippen LogP contribution is 2.23. The number of halogens is 1. The van der Waals surface area contributed by atoms with Gasteiger partial charge in [-0.25, -0.2) is 9.97 Å². The Morgan fingerprint density at radius 3 is 2.72 bits per heavy atom. The monoisotopic (exact) mass is 373 g/mol. The van der Waals surface area contributed by atoms with Gasteiger partial charge < -0.3 is 0 Å². The molecule has 2 aromatic heterocycles. The van der Waals surface area contributed by atoms with Crippen LogP contribution < -0.4 is 5.56 Å². The molecule has 0 spiro atoms. The molecule has 4 nitrogen and oxygen atoms in total. The molecule has 130 valence electrons. The SMILES string of the molecule is CC(C)CCn1c(SCc2ccc(Cl)nc2)nc2ccccc2c1=O. The topological polar surface area (TPSA) is 47.8 Å². The summed E-state index contributed by atoms with van der Waals surface area (Å²) in [6, 6.07) is 11.2. The third-order valence-electron chi connectivity index (χ3n) is 3.91. The number of hydrogen-bond donors (Lipinski definition) is 0. The molecule has 6 heteroatoms. The molecule has 0 unspecified atom stereocenters. The van der Waals surface area contributed by atoms with Crippen LogP contribution >= 0.6 is 23.4 Å². The number of benzene rings is 1. The van der Waals surface area contributed by atoms with Crippen molar-refractivity contribution < 1.29 is 0 Å². The Kier molecular flexibility index (Phi) is 5.76. The molecule has 25 heavy (non-hydrogen) atoms. The second kappa shape index (κ2) is 8.02. The molecule has 3 aromatic rings. The number of aromatic nitrogens is 3. The van der Waals surface area contributed by atoms with Crippen LogP contribution in [0.15, 0.2) is 52.5 Å². The lowest BCUT2D eigenvalue weighted by atomic mass is 10.1. The quantitative estimate of drug-likeness (QED) is 0.354. The van der Waals surface area contributed by atoms with Crippen LogP contribution in [0.2, 0.25) is 5.15 Å². The molecule has 0 amide bonds. The van der Waals surface area contributed by atoms with Crippen LogP contribution in [0.3, 0.4) is 0 Å². The van der Waals surface area contributed by atoms with Gasteiger partial charge in [0.15, 0.2) is 5.16 Å². The van der Waals surface area contributed by atoms with Crippen LogP contribution in [0.25, 0.3) is 10.9 Å². The highest BCUT2D eigenvalue weighted by Gasteiger charge is 2.12. The average Bonchev–Trinajstić information content (AvgIpc) is 2.60. The van der Waals surface area contributed by atoms with Crippen LogP contribution in [0, 0.1) is 5.92 Å². The third kappa shape index (κ3) is 4.41. The van der Waals surface area contributed by atoms with Crippen LogP contribution in [-0.4, -0.2) is 14.5 Å². The van der Waals surface area contributed by atoms with Crippen molar-refractivity contribution in [3.05, 3.63) is 63.7 Å². The molecule has 0 atom stereocenters. The maximum atomic E-state index is 12.9. The van der Waals surface area contributed by atoms with E-state index >= 15 is 0 Å². The Bertz CT molecular complexity index is 922. The zero-order chi connectivity index (χ0) is 17.8. The summed E-state index contributed by atoms with van der Waals surface area (Å²) in [7, 11) is 0. The standard InChI is InChI=1S/C19H20ClN3OS/c1-13(2)9-10-23-18(24)15-5-3-4-6-16(15)22-19(23)25-12-14-7-8-17(20)21-11-14/h3-8,11,13H,9-10,12H2,1-2H3. The number of nitrogens with zero attached hydrogens (tertiary/aromatic N) is 3. The second-order valence-corrected chi connectivity index (χ2v) is 7.66. The molecule has 0 radical (unpaired) electrons. The summed E-state index contributed by atoms with van der Waals surface area (Å²) in [6.45, 7) is 4.99. The zero-order valence-corrected chi connectivity index (χ0v) is 15.8. The Morgan fingerprint density at radius 2 is 2.00 bits per heavy atom. The van der Waals surface area contributed by atoms with Crippen molar-refractivity contribution in [1.29, 1.82) is 0 Å². The summed E-state index contributed by atoms with van der Waals surface area (Å²) >= 11 is 7.39. The maximum Gasteiger partial charge on any atom is 0.262 e. The van der Waals surface area contributed by atoms with Crippen molar-refractivity contribution in [2.75, 3.05) is 0 Å². The van der Waals surface area contributed by atoms with Gasteiger partial charge in [-0.1, -0.05) is 55.4 Å². The van der Waals surface area contributed by atoms with E-state index in [1.165, 1.54) is 0 Å². The molecule has 0 bridgehead atoms. The summed E-state index contributed by atoms with van der Waals surface area (Å²) in [4.78, 5) is 21.7. The number of hydrogen-bond acceptors (Lipinski definition) is 4. The largest absolute Gasteiger partial charge is 0.287 e. The van der Waals surface area contributed by atoms with Gasteiger partial charge in [0.1, 0.15) is 5.15 Å². The molecule has 3 rings (SSSR count). The zero-order valence-electron chi connectivity index (χ0n) is 14.3. The maximum absolute atomic E-state index is 12.9. The molecular weight excluding hydrogens is 354 g/mol. The smallest absolute Gasteiger partial charge is 0.262 e. The fourth-order valence-corrected chi connectivity index (χ4v) is 3.55. The summed E-state index contributed by atoms with van der Waals surface area (Å²) in [5.74, 6) is 1.22. The van der Waals surface area contributed by atoms with E-state index in [1.807, 2.05) is 30.3 Å². The summed E-state index contributed by atoms with van der Waals surface area (Å²) in [6.07, 6.45) is 2.70. The van der Waals surface area contributed by atoms with Crippen molar-refractivity contribution in [3.63, 3.8) is 0 Å². The highest BCUT2D eigenvalue weighted by atomic mass is 35.5. The van der Waals surface area contributed by atoms with Gasteiger partial charge in [-0.2, -0.15) is 0 Å². The molecular formula is C19H20ClN3OS. The fraction of sp³-hybridized carbons (Fsp3) is 0.316. The lowest BCUT2D eigenvalue weighted by Gasteiger charge is -2.14. The normalized spacial score (nSPS) is 11.4. The van der Waals surface area contributed by atoms with E-state index in [4.69, 9.17) is 16.6 Å². The van der Waals surface area contributed by atoms with Gasteiger partial charge in [0.2, 0.25) is 0 Å². The van der Waals surface area contributed by atoms with Crippen molar-refractivity contribution in [2.24, 2.45) is 5.92 Å². The molecule has 0 fully saturated rings. The van der Waals surface area contributed by atoms with E-state index < -0.39 is 0 Å². The van der Waals surface area contributed by atoms with Crippen LogP contribution in [-0.2, 0) is 12.3 Å². The molecule has 0 aliphatic heterocycles. The molecule has 0 aliphatic rings. The first-order valence-corrected chi connectivity index (χ1v) is 9.64.